The van der Waals surface area contributed by atoms with Crippen molar-refractivity contribution >= 4 is 108 Å². The topological polar surface area (TPSA) is 135 Å². The molecule has 12 heteroatoms. The van der Waals surface area contributed by atoms with E-state index >= 15 is 0 Å². The molecule has 0 aromatic rings. The summed E-state index contributed by atoms with van der Waals surface area (Å²) in [5, 5.41) is 0. The summed E-state index contributed by atoms with van der Waals surface area (Å²) in [5.74, 6) is 0.328. The van der Waals surface area contributed by atoms with E-state index in [-0.39, 0.29) is 108 Å². The lowest BCUT2D eigenvalue weighted by molar-refractivity contribution is 0.420. The first-order valence-corrected chi connectivity index (χ1v) is 5.66. The summed E-state index contributed by atoms with van der Waals surface area (Å²) in [6, 6.07) is 0. The number of nitrogens with zero attached hydrogens (tertiary/aromatic N) is 4. The maximum atomic E-state index is 5.09. The maximum absolute atomic E-state index is 5.09. The molecule has 140 valence electrons. The van der Waals surface area contributed by atoms with E-state index in [9.17, 15) is 0 Å². The van der Waals surface area contributed by atoms with E-state index in [1.807, 2.05) is 38.0 Å². The van der Waals surface area contributed by atoms with Crippen molar-refractivity contribution in [3.05, 3.63) is 0 Å². The number of aliphatic imine (C=N–C) groups is 2. The molecule has 0 atom stereocenters. The Morgan fingerprint density at radius 1 is 0.636 bits per heavy atom. The molecule has 8 nitrogen and oxygen atoms in total. The maximum Gasteiger partial charge on any atom is 0.185 e. The highest BCUT2D eigenvalue weighted by Gasteiger charge is 1.86. The fraction of sp³-hybridized carbons (Fsp3) is 0.800. The molecule has 0 bridgehead atoms. The smallest absolute Gasteiger partial charge is 0.185 e. The van der Waals surface area contributed by atoms with Gasteiger partial charge in [-0.2, -0.15) is 0 Å². The third-order valence-corrected chi connectivity index (χ3v) is 1.68. The van der Waals surface area contributed by atoms with Crippen LogP contribution in [0.2, 0.25) is 0 Å². The highest BCUT2D eigenvalue weighted by atomic mass is 127. The van der Waals surface area contributed by atoms with Crippen molar-refractivity contribution in [2.45, 2.75) is 0 Å². The van der Waals surface area contributed by atoms with Crippen LogP contribution >= 0.6 is 95.9 Å². The van der Waals surface area contributed by atoms with Crippen LogP contribution in [0.5, 0.6) is 0 Å². The quantitative estimate of drug-likeness (QED) is 0.172. The normalized spacial score (nSPS) is 7.91. The van der Waals surface area contributed by atoms with Gasteiger partial charge in [0, 0.05) is 13.1 Å². The predicted molar refractivity (Wildman–Crippen MR) is 140 cm³/mol. The lowest BCUT2D eigenvalue weighted by atomic mass is 10.6. The minimum Gasteiger partial charge on any atom is -0.370 e. The van der Waals surface area contributed by atoms with Crippen molar-refractivity contribution in [2.24, 2.45) is 32.9 Å². The molecule has 0 unspecified atom stereocenters. The van der Waals surface area contributed by atoms with Gasteiger partial charge in [-0.05, 0) is 28.2 Å². The average molecular weight is 772 g/mol. The molecule has 0 aliphatic heterocycles. The number of hydrogen-bond donors (Lipinski definition) is 4. The van der Waals surface area contributed by atoms with E-state index in [0.717, 1.165) is 13.1 Å². The average Bonchev–Trinajstić information content (AvgIpc) is 2.15. The molecule has 22 heavy (non-hydrogen) atoms. The highest BCUT2D eigenvalue weighted by Crippen LogP contribution is 1.74. The molecule has 0 amide bonds. The summed E-state index contributed by atoms with van der Waals surface area (Å²) in [6.45, 7) is 3.13. The second-order valence-corrected chi connectivity index (χ2v) is 4.22. The molecular weight excluding hydrogens is 740 g/mol. The Balaban J connectivity index is -0.0000000492. The Hall–Kier alpha value is 1.38. The molecule has 0 radical (unpaired) electrons. The SMILES string of the molecule is CN(C)CCN=C(N)N.CN(C)CCN=C(N)N.I.I.I.I. The summed E-state index contributed by atoms with van der Waals surface area (Å²) in [7, 11) is 7.90. The first kappa shape index (κ1) is 38.8. The zero-order chi connectivity index (χ0) is 14.6. The Morgan fingerprint density at radius 3 is 1.00 bits per heavy atom. The molecule has 0 aromatic heterocycles. The Labute approximate surface area is 202 Å². The summed E-state index contributed by atoms with van der Waals surface area (Å²) in [6.07, 6.45) is 0. The summed E-state index contributed by atoms with van der Waals surface area (Å²) in [5.41, 5.74) is 20.4. The molecule has 0 aromatic carbocycles. The van der Waals surface area contributed by atoms with E-state index in [1.165, 1.54) is 0 Å². The minimum atomic E-state index is 0. The van der Waals surface area contributed by atoms with Gasteiger partial charge in [0.15, 0.2) is 11.9 Å². The molecule has 0 saturated carbocycles. The van der Waals surface area contributed by atoms with Crippen LogP contribution in [-0.4, -0.2) is 76.1 Å². The van der Waals surface area contributed by atoms with Crippen LogP contribution in [0.3, 0.4) is 0 Å². The van der Waals surface area contributed by atoms with E-state index in [4.69, 9.17) is 22.9 Å². The van der Waals surface area contributed by atoms with Gasteiger partial charge in [0.05, 0.1) is 13.1 Å². The lowest BCUT2D eigenvalue weighted by Crippen LogP contribution is -2.25. The van der Waals surface area contributed by atoms with Crippen LogP contribution < -0.4 is 22.9 Å². The second kappa shape index (κ2) is 27.2. The molecule has 0 aliphatic carbocycles. The van der Waals surface area contributed by atoms with Gasteiger partial charge in [-0.1, -0.05) is 0 Å². The van der Waals surface area contributed by atoms with Gasteiger partial charge in [-0.25, -0.2) is 0 Å². The fourth-order valence-electron chi connectivity index (χ4n) is 0.758. The molecular formula is C10H32I4N8. The number of hydrogen-bond acceptors (Lipinski definition) is 4. The zero-order valence-electron chi connectivity index (χ0n) is 13.6. The number of likely N-dealkylation sites (N-methyl/N-ethyl adjacent to an activating group) is 2. The fourth-order valence-corrected chi connectivity index (χ4v) is 0.758. The first-order valence-electron chi connectivity index (χ1n) is 5.66. The molecule has 0 fully saturated rings. The van der Waals surface area contributed by atoms with E-state index in [2.05, 4.69) is 9.98 Å². The summed E-state index contributed by atoms with van der Waals surface area (Å²) < 4.78 is 0. The number of guanidine groups is 2. The van der Waals surface area contributed by atoms with Crippen LogP contribution in [0.25, 0.3) is 0 Å². The van der Waals surface area contributed by atoms with Crippen LogP contribution in [0.1, 0.15) is 0 Å². The molecule has 8 N–H and O–H groups in total. The Morgan fingerprint density at radius 2 is 0.864 bits per heavy atom. The van der Waals surface area contributed by atoms with Crippen LogP contribution in [0.4, 0.5) is 0 Å². The number of rotatable bonds is 6. The van der Waals surface area contributed by atoms with E-state index in [1.54, 1.807) is 0 Å². The van der Waals surface area contributed by atoms with Crippen LogP contribution in [0, 0.1) is 0 Å². The van der Waals surface area contributed by atoms with Gasteiger partial charge in [0.1, 0.15) is 0 Å². The zero-order valence-corrected chi connectivity index (χ0v) is 22.9. The van der Waals surface area contributed by atoms with Crippen molar-refractivity contribution < 1.29 is 0 Å². The molecule has 0 saturated heterocycles. The van der Waals surface area contributed by atoms with E-state index < -0.39 is 0 Å². The van der Waals surface area contributed by atoms with Crippen LogP contribution in [-0.2, 0) is 0 Å². The van der Waals surface area contributed by atoms with Gasteiger partial charge in [0.2, 0.25) is 0 Å². The summed E-state index contributed by atoms with van der Waals surface area (Å²) >= 11 is 0. The molecule has 0 spiro atoms. The monoisotopic (exact) mass is 772 g/mol. The minimum absolute atomic E-state index is 0. The Bertz CT molecular complexity index is 227. The second-order valence-electron chi connectivity index (χ2n) is 4.22. The third-order valence-electron chi connectivity index (χ3n) is 1.68. The molecule has 0 heterocycles. The van der Waals surface area contributed by atoms with Gasteiger partial charge in [-0.15, -0.1) is 95.9 Å². The lowest BCUT2D eigenvalue weighted by Gasteiger charge is -2.05. The van der Waals surface area contributed by atoms with Gasteiger partial charge >= 0.3 is 0 Å². The Kier molecular flexibility index (Phi) is 48.0. The van der Waals surface area contributed by atoms with Crippen molar-refractivity contribution in [2.75, 3.05) is 54.4 Å². The van der Waals surface area contributed by atoms with E-state index in [0.29, 0.717) is 13.1 Å². The van der Waals surface area contributed by atoms with Crippen molar-refractivity contribution in [3.8, 4) is 0 Å². The van der Waals surface area contributed by atoms with Crippen molar-refractivity contribution in [1.29, 1.82) is 0 Å². The molecule has 0 rings (SSSR count). The van der Waals surface area contributed by atoms with Gasteiger partial charge < -0.3 is 32.7 Å². The largest absolute Gasteiger partial charge is 0.370 e. The van der Waals surface area contributed by atoms with Crippen LogP contribution in [0.15, 0.2) is 9.98 Å². The van der Waals surface area contributed by atoms with Gasteiger partial charge in [0.25, 0.3) is 0 Å². The van der Waals surface area contributed by atoms with Crippen molar-refractivity contribution in [1.82, 2.24) is 9.80 Å². The third kappa shape index (κ3) is 49.6. The molecule has 0 aliphatic rings. The first-order chi connectivity index (χ1) is 8.25. The van der Waals surface area contributed by atoms with Crippen molar-refractivity contribution in [3.63, 3.8) is 0 Å². The summed E-state index contributed by atoms with van der Waals surface area (Å²) in [4.78, 5) is 11.6. The predicted octanol–water partition coefficient (Wildman–Crippen LogP) is 0.115. The number of nitrogens with two attached hydrogens (primary N) is 4. The van der Waals surface area contributed by atoms with Gasteiger partial charge in [-0.3, -0.25) is 9.98 Å². The highest BCUT2D eigenvalue weighted by molar-refractivity contribution is 14.0. The number of halogens is 4. The standard InChI is InChI=1S/2C5H14N4.4HI/c2*1-9(2)4-3-8-5(6)7;;;;/h2*3-4H2,1-2H3,(H4,6,7,8);4*1H.